The minimum atomic E-state index is -0.619. The van der Waals surface area contributed by atoms with Crippen molar-refractivity contribution in [3.63, 3.8) is 0 Å². The first kappa shape index (κ1) is 32.2. The number of fused-ring (bicyclic) bond motifs is 1. The fourth-order valence-corrected chi connectivity index (χ4v) is 5.88. The van der Waals surface area contributed by atoms with Crippen molar-refractivity contribution in [2.24, 2.45) is 0 Å². The molecule has 1 aliphatic rings. The third kappa shape index (κ3) is 6.31. The Kier molecular flexibility index (Phi) is 8.77. The van der Waals surface area contributed by atoms with Gasteiger partial charge in [0, 0.05) is 43.5 Å². The Balaban J connectivity index is 1.74. The molecule has 1 aliphatic heterocycles. The summed E-state index contributed by atoms with van der Waals surface area (Å²) in [4.78, 5) is 44.8. The van der Waals surface area contributed by atoms with E-state index in [0.717, 1.165) is 5.56 Å². The predicted octanol–water partition coefficient (Wildman–Crippen LogP) is 6.52. The number of pyridine rings is 2. The van der Waals surface area contributed by atoms with Gasteiger partial charge in [0.15, 0.2) is 5.65 Å². The summed E-state index contributed by atoms with van der Waals surface area (Å²) in [6.45, 7) is 14.5. The number of nitrogens with zero attached hydrogens (tertiary/aromatic N) is 6. The van der Waals surface area contributed by atoms with Gasteiger partial charge in [-0.3, -0.25) is 4.98 Å². The Morgan fingerprint density at radius 2 is 1.87 bits per heavy atom. The number of halogens is 2. The number of amides is 1. The molecule has 1 atom stereocenters. The number of aryl methyl sites for hydroxylation is 1. The van der Waals surface area contributed by atoms with Crippen LogP contribution in [0.3, 0.4) is 0 Å². The van der Waals surface area contributed by atoms with E-state index in [1.54, 1.807) is 23.2 Å². The van der Waals surface area contributed by atoms with Crippen molar-refractivity contribution in [3.8, 4) is 22.7 Å². The number of aromatic nitrogens is 4. The maximum atomic E-state index is 14.1. The summed E-state index contributed by atoms with van der Waals surface area (Å²) in [6, 6.07) is 7.47. The van der Waals surface area contributed by atoms with Gasteiger partial charge in [-0.1, -0.05) is 25.4 Å². The molecule has 4 heterocycles. The molecule has 0 unspecified atom stereocenters. The molecule has 0 bridgehead atoms. The third-order valence-electron chi connectivity index (χ3n) is 7.70. The van der Waals surface area contributed by atoms with E-state index < -0.39 is 23.2 Å². The quantitative estimate of drug-likeness (QED) is 0.244. The summed E-state index contributed by atoms with van der Waals surface area (Å²) in [7, 11) is 1.44. The van der Waals surface area contributed by atoms with E-state index in [9.17, 15) is 14.0 Å². The van der Waals surface area contributed by atoms with Crippen LogP contribution in [0, 0.1) is 12.7 Å². The Labute approximate surface area is 266 Å². The SMILES string of the molecule is COc1cc(F)ccc1-c1nc2c(cc1Cl)c(N1CCN(C(=O)OC(C)(C)C)C[C@@H]1C)nc(=O)n2-c1c(C)ccnc1C(C)C. The second kappa shape index (κ2) is 12.3. The maximum absolute atomic E-state index is 14.1. The van der Waals surface area contributed by atoms with Crippen molar-refractivity contribution in [3.05, 3.63) is 69.1 Å². The van der Waals surface area contributed by atoms with E-state index in [2.05, 4.69) is 9.97 Å². The second-order valence-electron chi connectivity index (χ2n) is 12.6. The number of carbonyl (C=O) groups is 1. The van der Waals surface area contributed by atoms with Crippen LogP contribution in [0.15, 0.2) is 41.3 Å². The van der Waals surface area contributed by atoms with Crippen LogP contribution >= 0.6 is 11.6 Å². The lowest BCUT2D eigenvalue weighted by molar-refractivity contribution is 0.0218. The Morgan fingerprint density at radius 3 is 2.51 bits per heavy atom. The van der Waals surface area contributed by atoms with Crippen molar-refractivity contribution in [2.75, 3.05) is 31.6 Å². The number of hydrogen-bond acceptors (Lipinski definition) is 8. The molecular weight excluding hydrogens is 599 g/mol. The molecule has 1 amide bonds. The first-order valence-electron chi connectivity index (χ1n) is 14.9. The van der Waals surface area contributed by atoms with E-state index in [4.69, 9.17) is 26.1 Å². The molecule has 0 saturated carbocycles. The lowest BCUT2D eigenvalue weighted by atomic mass is 10.0. The molecule has 12 heteroatoms. The van der Waals surface area contributed by atoms with Crippen molar-refractivity contribution in [1.82, 2.24) is 24.4 Å². The molecule has 238 valence electrons. The summed E-state index contributed by atoms with van der Waals surface area (Å²) in [6.07, 6.45) is 1.33. The molecule has 4 aromatic rings. The molecule has 1 saturated heterocycles. The van der Waals surface area contributed by atoms with Gasteiger partial charge in [-0.25, -0.2) is 23.5 Å². The summed E-state index contributed by atoms with van der Waals surface area (Å²) < 4.78 is 26.7. The molecule has 45 heavy (non-hydrogen) atoms. The number of piperazine rings is 1. The average Bonchev–Trinajstić information content (AvgIpc) is 2.96. The molecular formula is C33H38ClFN6O4. The van der Waals surface area contributed by atoms with Gasteiger partial charge in [-0.05, 0) is 70.4 Å². The highest BCUT2D eigenvalue weighted by Crippen LogP contribution is 2.38. The minimum absolute atomic E-state index is 0.00792. The maximum Gasteiger partial charge on any atom is 0.410 e. The highest BCUT2D eigenvalue weighted by Gasteiger charge is 2.33. The van der Waals surface area contributed by atoms with Gasteiger partial charge >= 0.3 is 11.8 Å². The van der Waals surface area contributed by atoms with Gasteiger partial charge in [0.05, 0.1) is 34.6 Å². The molecule has 0 N–H and O–H groups in total. The summed E-state index contributed by atoms with van der Waals surface area (Å²) in [5.74, 6) is 0.177. The lowest BCUT2D eigenvalue weighted by Crippen LogP contribution is -2.55. The fraction of sp³-hybridized carbons (Fsp3) is 0.424. The lowest BCUT2D eigenvalue weighted by Gasteiger charge is -2.41. The Morgan fingerprint density at radius 1 is 1.13 bits per heavy atom. The van der Waals surface area contributed by atoms with Crippen molar-refractivity contribution >= 4 is 34.5 Å². The molecule has 0 radical (unpaired) electrons. The van der Waals surface area contributed by atoms with Crippen LogP contribution < -0.4 is 15.3 Å². The zero-order valence-electron chi connectivity index (χ0n) is 26.8. The number of benzene rings is 1. The highest BCUT2D eigenvalue weighted by atomic mass is 35.5. The van der Waals surface area contributed by atoms with Crippen molar-refractivity contribution < 1.29 is 18.7 Å². The van der Waals surface area contributed by atoms with E-state index >= 15 is 0 Å². The largest absolute Gasteiger partial charge is 0.496 e. The van der Waals surface area contributed by atoms with Gasteiger partial charge in [0.1, 0.15) is 23.0 Å². The van der Waals surface area contributed by atoms with Crippen LogP contribution in [-0.2, 0) is 4.74 Å². The molecule has 5 rings (SSSR count). The summed E-state index contributed by atoms with van der Waals surface area (Å²) >= 11 is 6.90. The molecule has 3 aromatic heterocycles. The van der Waals surface area contributed by atoms with Gasteiger partial charge in [-0.2, -0.15) is 4.98 Å². The standard InChI is InChI=1S/C33H38ClFN6O4/c1-18(2)26-28(19(3)11-12-36-26)41-30-23(16-24(34)27(37-30)22-10-9-21(35)15-25(22)44-8)29(38-31(41)42)40-14-13-39(17-20(40)4)32(43)45-33(5,6)7/h9-12,15-16,18,20H,13-14,17H2,1-8H3/t20-/m0/s1. The normalized spacial score (nSPS) is 15.6. The predicted molar refractivity (Wildman–Crippen MR) is 173 cm³/mol. The third-order valence-corrected chi connectivity index (χ3v) is 7.98. The highest BCUT2D eigenvalue weighted by molar-refractivity contribution is 6.34. The van der Waals surface area contributed by atoms with Gasteiger partial charge in [-0.15, -0.1) is 0 Å². The number of carbonyl (C=O) groups excluding carboxylic acids is 1. The number of hydrogen-bond donors (Lipinski definition) is 0. The monoisotopic (exact) mass is 636 g/mol. The first-order valence-corrected chi connectivity index (χ1v) is 15.3. The van der Waals surface area contributed by atoms with Gasteiger partial charge in [0.2, 0.25) is 0 Å². The number of methoxy groups -OCH3 is 1. The number of ether oxygens (including phenoxy) is 2. The van der Waals surface area contributed by atoms with Crippen LogP contribution in [-0.4, -0.2) is 68.9 Å². The van der Waals surface area contributed by atoms with Crippen LogP contribution in [0.2, 0.25) is 5.02 Å². The van der Waals surface area contributed by atoms with Crippen molar-refractivity contribution in [2.45, 2.75) is 66.0 Å². The zero-order chi connectivity index (χ0) is 32.8. The van der Waals surface area contributed by atoms with Gasteiger partial charge < -0.3 is 19.3 Å². The topological polar surface area (TPSA) is 103 Å². The minimum Gasteiger partial charge on any atom is -0.496 e. The summed E-state index contributed by atoms with van der Waals surface area (Å²) in [5.41, 5.74) is 2.08. The van der Waals surface area contributed by atoms with Crippen molar-refractivity contribution in [1.29, 1.82) is 0 Å². The van der Waals surface area contributed by atoms with Crippen LogP contribution in [0.1, 0.15) is 58.7 Å². The Bertz CT molecular complexity index is 1840. The zero-order valence-corrected chi connectivity index (χ0v) is 27.6. The van der Waals surface area contributed by atoms with Crippen LogP contribution in [0.4, 0.5) is 15.0 Å². The Hall–Kier alpha value is -4.25. The second-order valence-corrected chi connectivity index (χ2v) is 13.0. The molecule has 10 nitrogen and oxygen atoms in total. The molecule has 1 fully saturated rings. The van der Waals surface area contributed by atoms with E-state index in [1.165, 1.54) is 23.8 Å². The van der Waals surface area contributed by atoms with Gasteiger partial charge in [0.25, 0.3) is 0 Å². The first-order chi connectivity index (χ1) is 21.2. The average molecular weight is 637 g/mol. The number of rotatable bonds is 5. The van der Waals surface area contributed by atoms with Crippen LogP contribution in [0.5, 0.6) is 5.75 Å². The molecule has 0 spiro atoms. The van der Waals surface area contributed by atoms with Crippen LogP contribution in [0.25, 0.3) is 28.0 Å². The smallest absolute Gasteiger partial charge is 0.410 e. The summed E-state index contributed by atoms with van der Waals surface area (Å²) in [5, 5.41) is 0.813. The number of anilines is 1. The molecule has 1 aromatic carbocycles. The molecule has 0 aliphatic carbocycles. The fourth-order valence-electron chi connectivity index (χ4n) is 5.63. The van der Waals surface area contributed by atoms with E-state index in [-0.39, 0.29) is 22.7 Å². The van der Waals surface area contributed by atoms with E-state index in [0.29, 0.717) is 59.1 Å². The van der Waals surface area contributed by atoms with E-state index in [1.807, 2.05) is 59.4 Å².